The maximum Gasteiger partial charge on any atom is 0.130 e. The molecule has 6 bridgehead atoms. The summed E-state index contributed by atoms with van der Waals surface area (Å²) in [4.78, 5) is 0. The Bertz CT molecular complexity index is 777. The van der Waals surface area contributed by atoms with E-state index in [0.717, 1.165) is 52.5 Å². The van der Waals surface area contributed by atoms with E-state index in [-0.39, 0.29) is 0 Å². The van der Waals surface area contributed by atoms with Gasteiger partial charge in [-0.25, -0.2) is 0 Å². The van der Waals surface area contributed by atoms with Crippen molar-refractivity contribution in [2.24, 2.45) is 0 Å². The minimum atomic E-state index is 0.611. The van der Waals surface area contributed by atoms with E-state index in [9.17, 15) is 0 Å². The molecule has 7 rings (SSSR count). The second kappa shape index (κ2) is 7.09. The highest BCUT2D eigenvalue weighted by Gasteiger charge is 2.17. The van der Waals surface area contributed by atoms with Crippen molar-refractivity contribution in [3.05, 3.63) is 53.6 Å². The summed E-state index contributed by atoms with van der Waals surface area (Å²) in [6, 6.07) is 14.1. The van der Waals surface area contributed by atoms with Gasteiger partial charge in [-0.3, -0.25) is 0 Å². The number of ether oxygens (including phenoxy) is 4. The van der Waals surface area contributed by atoms with E-state index in [2.05, 4.69) is 25.1 Å². The first-order valence-electron chi connectivity index (χ1n) is 8.78. The van der Waals surface area contributed by atoms with E-state index in [1.54, 1.807) is 0 Å². The Balaban J connectivity index is 1.87. The van der Waals surface area contributed by atoms with Crippen molar-refractivity contribution in [1.82, 2.24) is 0 Å². The topological polar surface area (TPSA) is 36.9 Å². The molecular weight excluding hydrogens is 316 g/mol. The lowest BCUT2D eigenvalue weighted by atomic mass is 10.0. The van der Waals surface area contributed by atoms with Gasteiger partial charge < -0.3 is 18.9 Å². The molecule has 0 saturated heterocycles. The fraction of sp³-hybridized carbons (Fsp3) is 0.333. The smallest absolute Gasteiger partial charge is 0.130 e. The average molecular weight is 338 g/mol. The molecule has 2 aromatic carbocycles. The Kier molecular flexibility index (Phi) is 4.51. The molecule has 0 fully saturated rings. The molecule has 0 radical (unpaired) electrons. The normalized spacial score (nSPS) is 17.2. The van der Waals surface area contributed by atoms with Crippen LogP contribution in [0.1, 0.15) is 30.9 Å². The molecule has 0 saturated carbocycles. The summed E-state index contributed by atoms with van der Waals surface area (Å²) in [5.41, 5.74) is 3.15. The Morgan fingerprint density at radius 3 is 2.12 bits per heavy atom. The Morgan fingerprint density at radius 2 is 1.32 bits per heavy atom. The van der Waals surface area contributed by atoms with Gasteiger partial charge in [-0.05, 0) is 43.3 Å². The molecule has 130 valence electrons. The van der Waals surface area contributed by atoms with Crippen molar-refractivity contribution in [3.8, 4) is 17.2 Å². The largest absolute Gasteiger partial charge is 0.493 e. The highest BCUT2D eigenvalue weighted by atomic mass is 16.5. The maximum absolute atomic E-state index is 6.11. The Labute approximate surface area is 148 Å². The lowest BCUT2D eigenvalue weighted by Crippen LogP contribution is -2.06. The average Bonchev–Trinajstić information content (AvgIpc) is 2.70. The van der Waals surface area contributed by atoms with Crippen LogP contribution in [0.5, 0.6) is 17.2 Å². The molecule has 4 nitrogen and oxygen atoms in total. The van der Waals surface area contributed by atoms with E-state index in [1.165, 1.54) is 0 Å². The van der Waals surface area contributed by atoms with E-state index in [1.807, 2.05) is 24.3 Å². The van der Waals surface area contributed by atoms with Gasteiger partial charge in [-0.15, -0.1) is 0 Å². The van der Waals surface area contributed by atoms with Crippen molar-refractivity contribution >= 4 is 11.3 Å². The van der Waals surface area contributed by atoms with Gasteiger partial charge in [0.2, 0.25) is 0 Å². The van der Waals surface area contributed by atoms with Crippen LogP contribution in [0.25, 0.3) is 11.3 Å². The third-order valence-electron chi connectivity index (χ3n) is 4.43. The maximum atomic E-state index is 6.11. The van der Waals surface area contributed by atoms with Gasteiger partial charge in [0.15, 0.2) is 0 Å². The molecule has 0 atom stereocenters. The molecule has 0 unspecified atom stereocenters. The third-order valence-corrected chi connectivity index (χ3v) is 4.43. The number of rotatable bonds is 0. The molecular formula is C21H22O4. The van der Waals surface area contributed by atoms with Crippen LogP contribution in [0.15, 0.2) is 42.5 Å². The zero-order chi connectivity index (χ0) is 17.1. The first-order chi connectivity index (χ1) is 12.3. The van der Waals surface area contributed by atoms with Crippen LogP contribution in [-0.2, 0) is 4.74 Å². The Hall–Kier alpha value is -2.62. The van der Waals surface area contributed by atoms with Gasteiger partial charge in [0, 0.05) is 35.6 Å². The molecule has 5 heterocycles. The third kappa shape index (κ3) is 3.43. The summed E-state index contributed by atoms with van der Waals surface area (Å²) in [6.45, 7) is 4.57. The second-order valence-corrected chi connectivity index (χ2v) is 6.24. The predicted octanol–water partition coefficient (Wildman–Crippen LogP) is 4.54. The summed E-state index contributed by atoms with van der Waals surface area (Å²) in [5.74, 6) is 3.42. The fourth-order valence-electron chi connectivity index (χ4n) is 3.11. The summed E-state index contributed by atoms with van der Waals surface area (Å²) >= 11 is 0. The van der Waals surface area contributed by atoms with Gasteiger partial charge in [-0.1, -0.05) is 0 Å². The van der Waals surface area contributed by atoms with Crippen molar-refractivity contribution in [2.75, 3.05) is 26.4 Å². The van der Waals surface area contributed by atoms with Crippen LogP contribution in [0.3, 0.4) is 0 Å². The van der Waals surface area contributed by atoms with Gasteiger partial charge in [0.05, 0.1) is 26.4 Å². The summed E-state index contributed by atoms with van der Waals surface area (Å²) < 4.78 is 23.8. The van der Waals surface area contributed by atoms with Gasteiger partial charge in [0.25, 0.3) is 0 Å². The lowest BCUT2D eigenvalue weighted by molar-refractivity contribution is 0.227. The molecule has 5 aliphatic rings. The van der Waals surface area contributed by atoms with Crippen LogP contribution in [0.4, 0.5) is 0 Å². The van der Waals surface area contributed by atoms with Crippen molar-refractivity contribution in [2.45, 2.75) is 19.8 Å². The van der Waals surface area contributed by atoms with E-state index >= 15 is 0 Å². The van der Waals surface area contributed by atoms with Gasteiger partial charge >= 0.3 is 0 Å². The number of benzene rings is 2. The molecule has 0 aromatic heterocycles. The van der Waals surface area contributed by atoms with Gasteiger partial charge in [0.1, 0.15) is 23.0 Å². The van der Waals surface area contributed by atoms with Crippen LogP contribution in [0.2, 0.25) is 0 Å². The highest BCUT2D eigenvalue weighted by molar-refractivity contribution is 5.88. The summed E-state index contributed by atoms with van der Waals surface area (Å²) in [5, 5.41) is 0. The lowest BCUT2D eigenvalue weighted by Gasteiger charge is -2.15. The first kappa shape index (κ1) is 15.9. The minimum absolute atomic E-state index is 0.611. The standard InChI is InChI=1S/C21H22O4/c1-15-19-9-8-18-14-20(19)24-12-3-13-25-21(15)16-4-6-17(7-5-16)22-10-2-11-23-18/h4-9,14H,2-3,10-13H2,1H3. The zero-order valence-electron chi connectivity index (χ0n) is 14.4. The van der Waals surface area contributed by atoms with Crippen LogP contribution < -0.4 is 14.2 Å². The van der Waals surface area contributed by atoms with Crippen molar-refractivity contribution < 1.29 is 18.9 Å². The van der Waals surface area contributed by atoms with Crippen LogP contribution in [-0.4, -0.2) is 26.4 Å². The summed E-state index contributed by atoms with van der Waals surface area (Å²) in [6.07, 6.45) is 1.66. The first-order valence-corrected chi connectivity index (χ1v) is 8.78. The number of allylic oxidation sites excluding steroid dienone is 1. The molecule has 0 N–H and O–H groups in total. The SMILES string of the molecule is CC1=C2OCCCOc3cc(ccc31)OCCCOc1ccc2cc1. The Morgan fingerprint density at radius 1 is 0.680 bits per heavy atom. The monoisotopic (exact) mass is 338 g/mol. The summed E-state index contributed by atoms with van der Waals surface area (Å²) in [7, 11) is 0. The van der Waals surface area contributed by atoms with Crippen molar-refractivity contribution in [1.29, 1.82) is 0 Å². The van der Waals surface area contributed by atoms with Crippen LogP contribution in [0, 0.1) is 0 Å². The zero-order valence-corrected chi connectivity index (χ0v) is 14.4. The number of hydrogen-bond donors (Lipinski definition) is 0. The highest BCUT2D eigenvalue weighted by Crippen LogP contribution is 2.36. The molecule has 25 heavy (non-hydrogen) atoms. The molecule has 2 aromatic rings. The van der Waals surface area contributed by atoms with Crippen molar-refractivity contribution in [3.63, 3.8) is 0 Å². The van der Waals surface area contributed by atoms with Gasteiger partial charge in [-0.2, -0.15) is 0 Å². The fourth-order valence-corrected chi connectivity index (χ4v) is 3.11. The molecule has 0 spiro atoms. The van der Waals surface area contributed by atoms with E-state index < -0.39 is 0 Å². The van der Waals surface area contributed by atoms with Crippen LogP contribution >= 0.6 is 0 Å². The number of hydrogen-bond acceptors (Lipinski definition) is 4. The van der Waals surface area contributed by atoms with E-state index in [4.69, 9.17) is 18.9 Å². The quantitative estimate of drug-likeness (QED) is 0.707. The second-order valence-electron chi connectivity index (χ2n) is 6.24. The van der Waals surface area contributed by atoms with E-state index in [0.29, 0.717) is 26.4 Å². The minimum Gasteiger partial charge on any atom is -0.493 e. The predicted molar refractivity (Wildman–Crippen MR) is 97.0 cm³/mol. The molecule has 4 heteroatoms. The molecule has 0 amide bonds. The molecule has 0 aliphatic carbocycles. The molecule has 5 aliphatic heterocycles.